The molecule has 0 radical (unpaired) electrons. The predicted octanol–water partition coefficient (Wildman–Crippen LogP) is -1.01. The maximum Gasteiger partial charge on any atom is 0.250 e. The SMILES string of the molecule is COC(CN)C(=O)NCC(=O)NC(C)(C)C. The first kappa shape index (κ1) is 14.9. The third-order valence-electron chi connectivity index (χ3n) is 1.73. The average Bonchev–Trinajstić information content (AvgIpc) is 2.14. The van der Waals surface area contributed by atoms with Gasteiger partial charge in [-0.3, -0.25) is 9.59 Å². The van der Waals surface area contributed by atoms with Gasteiger partial charge in [0.25, 0.3) is 5.91 Å². The smallest absolute Gasteiger partial charge is 0.250 e. The maximum atomic E-state index is 11.4. The van der Waals surface area contributed by atoms with Gasteiger partial charge in [0.1, 0.15) is 6.10 Å². The van der Waals surface area contributed by atoms with Crippen molar-refractivity contribution in [3.63, 3.8) is 0 Å². The Labute approximate surface area is 95.9 Å². The summed E-state index contributed by atoms with van der Waals surface area (Å²) in [4.78, 5) is 22.7. The fourth-order valence-electron chi connectivity index (χ4n) is 1.05. The molecule has 0 aromatic rings. The van der Waals surface area contributed by atoms with Gasteiger partial charge in [-0.05, 0) is 20.8 Å². The third kappa shape index (κ3) is 6.36. The molecule has 16 heavy (non-hydrogen) atoms. The van der Waals surface area contributed by atoms with E-state index < -0.39 is 6.10 Å². The molecule has 0 aromatic carbocycles. The minimum absolute atomic E-state index is 0.0734. The second kappa shape index (κ2) is 6.44. The second-order valence-electron chi connectivity index (χ2n) is 4.48. The van der Waals surface area contributed by atoms with Crippen LogP contribution in [0.1, 0.15) is 20.8 Å². The molecule has 0 bridgehead atoms. The topological polar surface area (TPSA) is 93.4 Å². The van der Waals surface area contributed by atoms with Gasteiger partial charge in [0.05, 0.1) is 6.54 Å². The maximum absolute atomic E-state index is 11.4. The number of nitrogens with two attached hydrogens (primary N) is 1. The molecule has 0 aliphatic carbocycles. The van der Waals surface area contributed by atoms with Crippen molar-refractivity contribution in [2.75, 3.05) is 20.2 Å². The summed E-state index contributed by atoms with van der Waals surface area (Å²) in [7, 11) is 1.40. The summed E-state index contributed by atoms with van der Waals surface area (Å²) in [6.45, 7) is 5.61. The number of nitrogens with one attached hydrogen (secondary N) is 2. The summed E-state index contributed by atoms with van der Waals surface area (Å²) >= 11 is 0. The van der Waals surface area contributed by atoms with E-state index >= 15 is 0 Å². The van der Waals surface area contributed by atoms with Crippen molar-refractivity contribution < 1.29 is 14.3 Å². The lowest BCUT2D eigenvalue weighted by Gasteiger charge is -2.21. The fourth-order valence-corrected chi connectivity index (χ4v) is 1.05. The van der Waals surface area contributed by atoms with Crippen LogP contribution in [0.2, 0.25) is 0 Å². The van der Waals surface area contributed by atoms with Gasteiger partial charge in [0.2, 0.25) is 5.91 Å². The van der Waals surface area contributed by atoms with Gasteiger partial charge in [-0.2, -0.15) is 0 Å². The highest BCUT2D eigenvalue weighted by molar-refractivity contribution is 5.87. The standard InChI is InChI=1S/C10H21N3O3/c1-10(2,3)13-8(14)6-12-9(15)7(5-11)16-4/h7H,5-6,11H2,1-4H3,(H,12,15)(H,13,14). The van der Waals surface area contributed by atoms with Crippen LogP contribution in [0.5, 0.6) is 0 Å². The Morgan fingerprint density at radius 3 is 2.31 bits per heavy atom. The molecule has 6 heteroatoms. The van der Waals surface area contributed by atoms with E-state index in [9.17, 15) is 9.59 Å². The zero-order valence-corrected chi connectivity index (χ0v) is 10.3. The van der Waals surface area contributed by atoms with Gasteiger partial charge in [-0.1, -0.05) is 0 Å². The highest BCUT2D eigenvalue weighted by atomic mass is 16.5. The van der Waals surface area contributed by atoms with Crippen LogP contribution >= 0.6 is 0 Å². The lowest BCUT2D eigenvalue weighted by atomic mass is 10.1. The highest BCUT2D eigenvalue weighted by Crippen LogP contribution is 1.97. The van der Waals surface area contributed by atoms with Crippen molar-refractivity contribution >= 4 is 11.8 Å². The molecule has 4 N–H and O–H groups in total. The highest BCUT2D eigenvalue weighted by Gasteiger charge is 2.18. The zero-order chi connectivity index (χ0) is 12.8. The predicted molar refractivity (Wildman–Crippen MR) is 60.8 cm³/mol. The molecule has 0 aliphatic rings. The minimum Gasteiger partial charge on any atom is -0.370 e. The number of carbonyl (C=O) groups excluding carboxylic acids is 2. The molecule has 0 heterocycles. The molecular formula is C10H21N3O3. The molecule has 2 amide bonds. The molecule has 0 rings (SSSR count). The Kier molecular flexibility index (Phi) is 5.98. The van der Waals surface area contributed by atoms with Crippen LogP contribution in [-0.4, -0.2) is 43.7 Å². The van der Waals surface area contributed by atoms with Crippen LogP contribution in [0.15, 0.2) is 0 Å². The lowest BCUT2D eigenvalue weighted by Crippen LogP contribution is -2.48. The molecule has 1 unspecified atom stereocenters. The minimum atomic E-state index is -0.706. The summed E-state index contributed by atoms with van der Waals surface area (Å²) in [5.74, 6) is -0.623. The van der Waals surface area contributed by atoms with Crippen LogP contribution in [0, 0.1) is 0 Å². The summed E-state index contributed by atoms with van der Waals surface area (Å²) in [6, 6.07) is 0. The fraction of sp³-hybridized carbons (Fsp3) is 0.800. The molecule has 0 fully saturated rings. The molecule has 0 aliphatic heterocycles. The van der Waals surface area contributed by atoms with Crippen molar-refractivity contribution in [1.82, 2.24) is 10.6 Å². The van der Waals surface area contributed by atoms with Crippen LogP contribution < -0.4 is 16.4 Å². The second-order valence-corrected chi connectivity index (χ2v) is 4.48. The number of rotatable bonds is 5. The molecule has 0 saturated carbocycles. The van der Waals surface area contributed by atoms with Gasteiger partial charge < -0.3 is 21.1 Å². The third-order valence-corrected chi connectivity index (χ3v) is 1.73. The Morgan fingerprint density at radius 1 is 1.38 bits per heavy atom. The van der Waals surface area contributed by atoms with Gasteiger partial charge in [-0.25, -0.2) is 0 Å². The van der Waals surface area contributed by atoms with Crippen molar-refractivity contribution in [2.45, 2.75) is 32.4 Å². The van der Waals surface area contributed by atoms with Crippen LogP contribution in [-0.2, 0) is 14.3 Å². The first-order valence-corrected chi connectivity index (χ1v) is 5.11. The van der Waals surface area contributed by atoms with Gasteiger partial charge in [0, 0.05) is 19.2 Å². The Bertz CT molecular complexity index is 244. The Morgan fingerprint density at radius 2 is 1.94 bits per heavy atom. The van der Waals surface area contributed by atoms with Crippen molar-refractivity contribution in [3.8, 4) is 0 Å². The van der Waals surface area contributed by atoms with E-state index in [2.05, 4.69) is 10.6 Å². The van der Waals surface area contributed by atoms with Crippen LogP contribution in [0.4, 0.5) is 0 Å². The van der Waals surface area contributed by atoms with Crippen LogP contribution in [0.3, 0.4) is 0 Å². The molecule has 0 aromatic heterocycles. The summed E-state index contributed by atoms with van der Waals surface area (Å²) in [5, 5.41) is 5.17. The molecule has 1 atom stereocenters. The van der Waals surface area contributed by atoms with E-state index in [1.54, 1.807) is 0 Å². The summed E-state index contributed by atoms with van der Waals surface area (Å²) in [5.41, 5.74) is 5.00. The first-order chi connectivity index (χ1) is 7.30. The van der Waals surface area contributed by atoms with Crippen molar-refractivity contribution in [2.24, 2.45) is 5.73 Å². The van der Waals surface area contributed by atoms with E-state index in [1.165, 1.54) is 7.11 Å². The van der Waals surface area contributed by atoms with E-state index in [1.807, 2.05) is 20.8 Å². The van der Waals surface area contributed by atoms with Crippen molar-refractivity contribution in [3.05, 3.63) is 0 Å². The van der Waals surface area contributed by atoms with E-state index in [4.69, 9.17) is 10.5 Å². The van der Waals surface area contributed by atoms with E-state index in [0.717, 1.165) is 0 Å². The monoisotopic (exact) mass is 231 g/mol. The molecule has 94 valence electrons. The van der Waals surface area contributed by atoms with E-state index in [-0.39, 0.29) is 30.4 Å². The number of hydrogen-bond donors (Lipinski definition) is 3. The lowest BCUT2D eigenvalue weighted by molar-refractivity contribution is -0.133. The number of methoxy groups -OCH3 is 1. The number of hydrogen-bond acceptors (Lipinski definition) is 4. The largest absolute Gasteiger partial charge is 0.370 e. The Balaban J connectivity index is 3.97. The van der Waals surface area contributed by atoms with Crippen LogP contribution in [0.25, 0.3) is 0 Å². The number of ether oxygens (including phenoxy) is 1. The molecule has 0 saturated heterocycles. The number of carbonyl (C=O) groups is 2. The van der Waals surface area contributed by atoms with Gasteiger partial charge in [0.15, 0.2) is 0 Å². The Hall–Kier alpha value is -1.14. The molecule has 6 nitrogen and oxygen atoms in total. The summed E-state index contributed by atoms with van der Waals surface area (Å²) < 4.78 is 4.83. The van der Waals surface area contributed by atoms with Gasteiger partial charge >= 0.3 is 0 Å². The zero-order valence-electron chi connectivity index (χ0n) is 10.3. The number of amides is 2. The van der Waals surface area contributed by atoms with E-state index in [0.29, 0.717) is 0 Å². The molecule has 0 spiro atoms. The average molecular weight is 231 g/mol. The molecular weight excluding hydrogens is 210 g/mol. The van der Waals surface area contributed by atoms with Gasteiger partial charge in [-0.15, -0.1) is 0 Å². The quantitative estimate of drug-likeness (QED) is 0.565. The normalized spacial score (nSPS) is 13.1. The first-order valence-electron chi connectivity index (χ1n) is 5.11. The van der Waals surface area contributed by atoms with Crippen molar-refractivity contribution in [1.29, 1.82) is 0 Å². The summed E-state index contributed by atoms with van der Waals surface area (Å²) in [6.07, 6.45) is -0.706.